The molecule has 0 aliphatic heterocycles. The number of fused-ring (bicyclic) bond motifs is 1. The molecular formula is C16H18N6O2. The average Bonchev–Trinajstić information content (AvgIpc) is 2.89. The van der Waals surface area contributed by atoms with Crippen molar-refractivity contribution < 1.29 is 4.79 Å². The predicted molar refractivity (Wildman–Crippen MR) is 90.3 cm³/mol. The third kappa shape index (κ3) is 3.60. The Kier molecular flexibility index (Phi) is 4.28. The number of hydrogen-bond acceptors (Lipinski definition) is 5. The van der Waals surface area contributed by atoms with Gasteiger partial charge in [-0.2, -0.15) is 0 Å². The summed E-state index contributed by atoms with van der Waals surface area (Å²) < 4.78 is 1.82. The maximum absolute atomic E-state index is 12.2. The molecule has 3 heterocycles. The number of aryl methyl sites for hydroxylation is 2. The van der Waals surface area contributed by atoms with Crippen molar-refractivity contribution in [3.63, 3.8) is 0 Å². The minimum atomic E-state index is -0.210. The van der Waals surface area contributed by atoms with Crippen LogP contribution in [0.4, 0.5) is 5.95 Å². The van der Waals surface area contributed by atoms with E-state index in [1.165, 1.54) is 6.07 Å². The number of rotatable bonds is 5. The lowest BCUT2D eigenvalue weighted by atomic mass is 10.2. The van der Waals surface area contributed by atoms with Gasteiger partial charge in [-0.3, -0.25) is 14.6 Å². The number of nitrogens with one attached hydrogen (secondary N) is 3. The van der Waals surface area contributed by atoms with E-state index in [0.29, 0.717) is 30.3 Å². The molecule has 0 bridgehead atoms. The molecule has 0 spiro atoms. The van der Waals surface area contributed by atoms with Crippen LogP contribution in [0.15, 0.2) is 35.4 Å². The SMILES string of the molecule is Cc1cc(=O)[nH]c(NCCNC(=O)c2ccc3nc(C)cn3c2)n1. The van der Waals surface area contributed by atoms with E-state index in [0.717, 1.165) is 11.3 Å². The van der Waals surface area contributed by atoms with Gasteiger partial charge in [0.2, 0.25) is 5.95 Å². The number of aromatic nitrogens is 4. The summed E-state index contributed by atoms with van der Waals surface area (Å²) in [6.07, 6.45) is 3.62. The molecule has 1 amide bonds. The molecule has 3 aromatic heterocycles. The Hall–Kier alpha value is -3.16. The fourth-order valence-corrected chi connectivity index (χ4v) is 2.37. The molecule has 0 aliphatic rings. The fourth-order valence-electron chi connectivity index (χ4n) is 2.37. The topological polar surface area (TPSA) is 104 Å². The highest BCUT2D eigenvalue weighted by molar-refractivity contribution is 5.94. The maximum Gasteiger partial charge on any atom is 0.252 e. The van der Waals surface area contributed by atoms with Crippen LogP contribution < -0.4 is 16.2 Å². The van der Waals surface area contributed by atoms with Crippen LogP contribution in [0.5, 0.6) is 0 Å². The molecule has 0 radical (unpaired) electrons. The Labute approximate surface area is 138 Å². The third-order valence-corrected chi connectivity index (χ3v) is 3.41. The van der Waals surface area contributed by atoms with Crippen LogP contribution >= 0.6 is 0 Å². The lowest BCUT2D eigenvalue weighted by Crippen LogP contribution is -2.29. The van der Waals surface area contributed by atoms with Gasteiger partial charge in [0.25, 0.3) is 11.5 Å². The van der Waals surface area contributed by atoms with Crippen molar-refractivity contribution >= 4 is 17.5 Å². The second-order valence-corrected chi connectivity index (χ2v) is 5.48. The minimum Gasteiger partial charge on any atom is -0.354 e. The summed E-state index contributed by atoms with van der Waals surface area (Å²) in [5, 5.41) is 5.78. The molecule has 0 saturated carbocycles. The first-order chi connectivity index (χ1) is 11.5. The van der Waals surface area contributed by atoms with Crippen molar-refractivity contribution in [3.8, 4) is 0 Å². The Bertz CT molecular complexity index is 943. The van der Waals surface area contributed by atoms with Crippen molar-refractivity contribution in [1.82, 2.24) is 24.7 Å². The molecule has 8 nitrogen and oxygen atoms in total. The zero-order valence-electron chi connectivity index (χ0n) is 13.5. The number of anilines is 1. The molecular weight excluding hydrogens is 308 g/mol. The van der Waals surface area contributed by atoms with Crippen LogP contribution in [-0.4, -0.2) is 38.3 Å². The van der Waals surface area contributed by atoms with Gasteiger partial charge in [0.05, 0.1) is 11.3 Å². The van der Waals surface area contributed by atoms with E-state index in [-0.39, 0.29) is 11.5 Å². The summed E-state index contributed by atoms with van der Waals surface area (Å²) in [4.78, 5) is 34.6. The van der Waals surface area contributed by atoms with E-state index in [9.17, 15) is 9.59 Å². The summed E-state index contributed by atoms with van der Waals surface area (Å²) >= 11 is 0. The molecule has 24 heavy (non-hydrogen) atoms. The number of nitrogens with zero attached hydrogens (tertiary/aromatic N) is 3. The number of carbonyl (C=O) groups is 1. The number of carbonyl (C=O) groups excluding carboxylic acids is 1. The summed E-state index contributed by atoms with van der Waals surface area (Å²) in [6.45, 7) is 4.50. The summed E-state index contributed by atoms with van der Waals surface area (Å²) in [7, 11) is 0. The van der Waals surface area contributed by atoms with Gasteiger partial charge in [-0.15, -0.1) is 0 Å². The monoisotopic (exact) mass is 326 g/mol. The molecule has 3 N–H and O–H groups in total. The number of hydrogen-bond donors (Lipinski definition) is 3. The molecule has 0 unspecified atom stereocenters. The highest BCUT2D eigenvalue weighted by atomic mass is 16.1. The molecule has 0 fully saturated rings. The van der Waals surface area contributed by atoms with Crippen molar-refractivity contribution in [1.29, 1.82) is 0 Å². The Balaban J connectivity index is 1.55. The molecule has 124 valence electrons. The lowest BCUT2D eigenvalue weighted by molar-refractivity contribution is 0.0954. The van der Waals surface area contributed by atoms with Crippen molar-refractivity contribution in [2.75, 3.05) is 18.4 Å². The first-order valence-corrected chi connectivity index (χ1v) is 7.57. The second-order valence-electron chi connectivity index (χ2n) is 5.48. The first kappa shape index (κ1) is 15.7. The second kappa shape index (κ2) is 6.53. The molecule has 8 heteroatoms. The number of imidazole rings is 1. The predicted octanol–water partition coefficient (Wildman–Crippen LogP) is 0.876. The lowest BCUT2D eigenvalue weighted by Gasteiger charge is -2.08. The number of amides is 1. The van der Waals surface area contributed by atoms with Gasteiger partial charge in [-0.1, -0.05) is 0 Å². The minimum absolute atomic E-state index is 0.171. The smallest absolute Gasteiger partial charge is 0.252 e. The Morgan fingerprint density at radius 1 is 1.17 bits per heavy atom. The third-order valence-electron chi connectivity index (χ3n) is 3.41. The normalized spacial score (nSPS) is 10.8. The van der Waals surface area contributed by atoms with Gasteiger partial charge in [0, 0.05) is 37.2 Å². The van der Waals surface area contributed by atoms with Crippen molar-refractivity contribution in [3.05, 3.63) is 57.9 Å². The van der Waals surface area contributed by atoms with E-state index < -0.39 is 0 Å². The molecule has 0 aliphatic carbocycles. The average molecular weight is 326 g/mol. The van der Waals surface area contributed by atoms with Gasteiger partial charge in [-0.05, 0) is 26.0 Å². The van der Waals surface area contributed by atoms with Crippen LogP contribution in [0.25, 0.3) is 5.65 Å². The first-order valence-electron chi connectivity index (χ1n) is 7.57. The van der Waals surface area contributed by atoms with Crippen LogP contribution in [0.2, 0.25) is 0 Å². The molecule has 0 atom stereocenters. The zero-order valence-corrected chi connectivity index (χ0v) is 13.5. The van der Waals surface area contributed by atoms with Crippen LogP contribution in [0.1, 0.15) is 21.7 Å². The standard InChI is InChI=1S/C16H18N6O2/c1-10-7-14(23)21-16(20-10)18-6-5-17-15(24)12-3-4-13-19-11(2)8-22(13)9-12/h3-4,7-9H,5-6H2,1-2H3,(H,17,24)(H2,18,20,21,23). The van der Waals surface area contributed by atoms with Crippen molar-refractivity contribution in [2.45, 2.75) is 13.8 Å². The Morgan fingerprint density at radius 3 is 2.79 bits per heavy atom. The van der Waals surface area contributed by atoms with Gasteiger partial charge >= 0.3 is 0 Å². The summed E-state index contributed by atoms with van der Waals surface area (Å²) in [5.41, 5.74) is 2.69. The van der Waals surface area contributed by atoms with Crippen molar-refractivity contribution in [2.24, 2.45) is 0 Å². The zero-order chi connectivity index (χ0) is 17.1. The van der Waals surface area contributed by atoms with Gasteiger partial charge in [0.15, 0.2) is 0 Å². The number of pyridine rings is 1. The molecule has 0 aromatic carbocycles. The van der Waals surface area contributed by atoms with Gasteiger partial charge < -0.3 is 15.0 Å². The fraction of sp³-hybridized carbons (Fsp3) is 0.250. The van der Waals surface area contributed by atoms with Gasteiger partial charge in [-0.25, -0.2) is 9.97 Å². The van der Waals surface area contributed by atoms with E-state index in [1.807, 2.05) is 23.6 Å². The van der Waals surface area contributed by atoms with E-state index in [2.05, 4.69) is 25.6 Å². The molecule has 0 saturated heterocycles. The highest BCUT2D eigenvalue weighted by Crippen LogP contribution is 2.07. The molecule has 3 aromatic rings. The largest absolute Gasteiger partial charge is 0.354 e. The Morgan fingerprint density at radius 2 is 2.00 bits per heavy atom. The summed E-state index contributed by atoms with van der Waals surface area (Å²) in [6, 6.07) is 4.96. The van der Waals surface area contributed by atoms with Gasteiger partial charge in [0.1, 0.15) is 5.65 Å². The van der Waals surface area contributed by atoms with Crippen LogP contribution in [-0.2, 0) is 0 Å². The quantitative estimate of drug-likeness (QED) is 0.604. The number of aromatic amines is 1. The van der Waals surface area contributed by atoms with E-state index >= 15 is 0 Å². The van der Waals surface area contributed by atoms with E-state index in [1.54, 1.807) is 19.2 Å². The number of H-pyrrole nitrogens is 1. The van der Waals surface area contributed by atoms with Crippen LogP contribution in [0.3, 0.4) is 0 Å². The maximum atomic E-state index is 12.2. The summed E-state index contributed by atoms with van der Waals surface area (Å²) in [5.74, 6) is 0.223. The molecule has 3 rings (SSSR count). The highest BCUT2D eigenvalue weighted by Gasteiger charge is 2.07. The van der Waals surface area contributed by atoms with E-state index in [4.69, 9.17) is 0 Å². The van der Waals surface area contributed by atoms with Crippen LogP contribution in [0, 0.1) is 13.8 Å².